The Balaban J connectivity index is 2.20. The van der Waals surface area contributed by atoms with Crippen LogP contribution < -0.4 is 10.1 Å². The van der Waals surface area contributed by atoms with Crippen LogP contribution in [0.15, 0.2) is 30.5 Å². The van der Waals surface area contributed by atoms with E-state index in [1.165, 1.54) is 0 Å². The van der Waals surface area contributed by atoms with E-state index in [2.05, 4.69) is 10.4 Å². The molecule has 0 radical (unpaired) electrons. The summed E-state index contributed by atoms with van der Waals surface area (Å²) < 4.78 is 6.88. The van der Waals surface area contributed by atoms with Crippen molar-refractivity contribution in [2.75, 3.05) is 7.11 Å². The lowest BCUT2D eigenvalue weighted by atomic mass is 10.0. The predicted molar refractivity (Wildman–Crippen MR) is 88.6 cm³/mol. The largest absolute Gasteiger partial charge is 0.494 e. The molecule has 2 aromatic rings. The van der Waals surface area contributed by atoms with Crippen LogP contribution in [-0.4, -0.2) is 39.9 Å². The molecule has 0 aliphatic carbocycles. The van der Waals surface area contributed by atoms with Gasteiger partial charge in [0.2, 0.25) is 0 Å². The Morgan fingerprint density at radius 1 is 1.29 bits per heavy atom. The second kappa shape index (κ2) is 7.16. The van der Waals surface area contributed by atoms with Gasteiger partial charge in [-0.05, 0) is 44.5 Å². The molecule has 0 bridgehead atoms. The average Bonchev–Trinajstić information content (AvgIpc) is 3.03. The summed E-state index contributed by atoms with van der Waals surface area (Å²) in [4.78, 5) is 23.2. The van der Waals surface area contributed by atoms with Crippen molar-refractivity contribution in [3.63, 3.8) is 0 Å². The number of hydrogen-bond acceptors (Lipinski definition) is 4. The van der Waals surface area contributed by atoms with Crippen molar-refractivity contribution in [1.29, 1.82) is 0 Å². The molecule has 0 aliphatic heterocycles. The van der Waals surface area contributed by atoms with Crippen molar-refractivity contribution in [3.8, 4) is 11.4 Å². The van der Waals surface area contributed by atoms with E-state index < -0.39 is 23.8 Å². The first-order valence-electron chi connectivity index (χ1n) is 7.58. The Hall–Kier alpha value is -2.83. The summed E-state index contributed by atoms with van der Waals surface area (Å²) in [6, 6.07) is 6.74. The van der Waals surface area contributed by atoms with Crippen LogP contribution in [0.3, 0.4) is 0 Å². The zero-order valence-corrected chi connectivity index (χ0v) is 14.1. The van der Waals surface area contributed by atoms with E-state index in [9.17, 15) is 9.59 Å². The first-order valence-corrected chi connectivity index (χ1v) is 7.58. The molecule has 2 N–H and O–H groups in total. The third-order valence-electron chi connectivity index (χ3n) is 3.90. The summed E-state index contributed by atoms with van der Waals surface area (Å²) in [6.45, 7) is 5.15. The van der Waals surface area contributed by atoms with Gasteiger partial charge in [-0.15, -0.1) is 0 Å². The highest BCUT2D eigenvalue weighted by Gasteiger charge is 2.22. The number of aromatic nitrogens is 2. The molecule has 24 heavy (non-hydrogen) atoms. The molecule has 1 heterocycles. The number of amides is 1. The van der Waals surface area contributed by atoms with Crippen LogP contribution in [0.1, 0.15) is 29.9 Å². The van der Waals surface area contributed by atoms with Crippen LogP contribution >= 0.6 is 0 Å². The number of carboxylic acids is 1. The number of rotatable bonds is 6. The summed E-state index contributed by atoms with van der Waals surface area (Å²) in [6.07, 6.45) is 1.66. The number of nitrogens with one attached hydrogen (secondary N) is 1. The summed E-state index contributed by atoms with van der Waals surface area (Å²) in [5.41, 5.74) is 1.97. The highest BCUT2D eigenvalue weighted by atomic mass is 16.5. The molecule has 2 unspecified atom stereocenters. The second-order valence-corrected chi connectivity index (χ2v) is 5.71. The minimum Gasteiger partial charge on any atom is -0.494 e. The van der Waals surface area contributed by atoms with Gasteiger partial charge < -0.3 is 15.2 Å². The lowest BCUT2D eigenvalue weighted by Gasteiger charge is -2.16. The number of methoxy groups -OCH3 is 1. The molecule has 2 rings (SSSR count). The fraction of sp³-hybridized carbons (Fsp3) is 0.353. The Morgan fingerprint density at radius 3 is 2.62 bits per heavy atom. The molecule has 2 atom stereocenters. The molecule has 1 amide bonds. The van der Waals surface area contributed by atoms with Gasteiger partial charge in [0.25, 0.3) is 5.91 Å². The summed E-state index contributed by atoms with van der Waals surface area (Å²) in [5, 5.41) is 15.9. The minimum atomic E-state index is -0.960. The van der Waals surface area contributed by atoms with Crippen molar-refractivity contribution in [3.05, 3.63) is 41.7 Å². The van der Waals surface area contributed by atoms with Gasteiger partial charge in [-0.2, -0.15) is 5.10 Å². The quantitative estimate of drug-likeness (QED) is 0.845. The van der Waals surface area contributed by atoms with E-state index in [-0.39, 0.29) is 5.69 Å². The molecular formula is C17H21N3O4. The van der Waals surface area contributed by atoms with E-state index in [0.29, 0.717) is 5.75 Å². The van der Waals surface area contributed by atoms with Crippen LogP contribution in [-0.2, 0) is 4.79 Å². The molecule has 0 saturated heterocycles. The number of benzene rings is 1. The Morgan fingerprint density at radius 2 is 2.00 bits per heavy atom. The number of aryl methyl sites for hydroxylation is 1. The average molecular weight is 331 g/mol. The fourth-order valence-corrected chi connectivity index (χ4v) is 2.18. The monoisotopic (exact) mass is 331 g/mol. The molecule has 7 heteroatoms. The first kappa shape index (κ1) is 17.5. The third kappa shape index (κ3) is 3.73. The SMILES string of the molecule is COc1ccc(C)cc1-n1ccc(C(=O)NC(C)C(C)C(=O)O)n1. The topological polar surface area (TPSA) is 93.5 Å². The number of hydrogen-bond donors (Lipinski definition) is 2. The molecule has 0 fully saturated rings. The minimum absolute atomic E-state index is 0.211. The Kier molecular flexibility index (Phi) is 5.23. The van der Waals surface area contributed by atoms with Gasteiger partial charge >= 0.3 is 5.97 Å². The number of carbonyl (C=O) groups excluding carboxylic acids is 1. The van der Waals surface area contributed by atoms with Gasteiger partial charge in [0.15, 0.2) is 5.69 Å². The molecule has 1 aromatic heterocycles. The molecule has 1 aromatic carbocycles. The van der Waals surface area contributed by atoms with Gasteiger partial charge in [-0.3, -0.25) is 9.59 Å². The Labute approximate surface area is 140 Å². The highest BCUT2D eigenvalue weighted by molar-refractivity contribution is 5.92. The van der Waals surface area contributed by atoms with E-state index in [1.807, 2.05) is 25.1 Å². The molecule has 128 valence electrons. The smallest absolute Gasteiger partial charge is 0.308 e. The number of aliphatic carboxylic acids is 1. The van der Waals surface area contributed by atoms with Crippen molar-refractivity contribution < 1.29 is 19.4 Å². The zero-order valence-electron chi connectivity index (χ0n) is 14.1. The summed E-state index contributed by atoms with van der Waals surface area (Å²) in [7, 11) is 1.57. The number of ether oxygens (including phenoxy) is 1. The summed E-state index contributed by atoms with van der Waals surface area (Å²) in [5.74, 6) is -1.42. The van der Waals surface area contributed by atoms with E-state index in [1.54, 1.807) is 37.9 Å². The highest BCUT2D eigenvalue weighted by Crippen LogP contribution is 2.23. The number of carbonyl (C=O) groups is 2. The van der Waals surface area contributed by atoms with Crippen molar-refractivity contribution in [1.82, 2.24) is 15.1 Å². The lowest BCUT2D eigenvalue weighted by Crippen LogP contribution is -2.40. The van der Waals surface area contributed by atoms with Crippen LogP contribution in [0, 0.1) is 12.8 Å². The molecule has 0 saturated carbocycles. The normalized spacial score (nSPS) is 13.2. The van der Waals surface area contributed by atoms with Crippen LogP contribution in [0.4, 0.5) is 0 Å². The van der Waals surface area contributed by atoms with E-state index in [0.717, 1.165) is 11.3 Å². The Bertz CT molecular complexity index is 754. The first-order chi connectivity index (χ1) is 11.3. The van der Waals surface area contributed by atoms with Gasteiger partial charge in [-0.25, -0.2) is 4.68 Å². The standard InChI is InChI=1S/C17H21N3O4/c1-10-5-6-15(24-4)14(9-10)20-8-7-13(19-20)16(21)18-12(3)11(2)17(22)23/h5-9,11-12H,1-4H3,(H,18,21)(H,22,23). The molecule has 7 nitrogen and oxygen atoms in total. The maximum absolute atomic E-state index is 12.2. The van der Waals surface area contributed by atoms with Crippen LogP contribution in [0.2, 0.25) is 0 Å². The maximum Gasteiger partial charge on any atom is 0.308 e. The lowest BCUT2D eigenvalue weighted by molar-refractivity contribution is -0.141. The van der Waals surface area contributed by atoms with Gasteiger partial charge in [0.05, 0.1) is 13.0 Å². The molecule has 0 aliphatic rings. The third-order valence-corrected chi connectivity index (χ3v) is 3.90. The fourth-order valence-electron chi connectivity index (χ4n) is 2.18. The van der Waals surface area contributed by atoms with Gasteiger partial charge in [0.1, 0.15) is 11.4 Å². The maximum atomic E-state index is 12.2. The van der Waals surface area contributed by atoms with Crippen molar-refractivity contribution in [2.24, 2.45) is 5.92 Å². The van der Waals surface area contributed by atoms with Crippen molar-refractivity contribution >= 4 is 11.9 Å². The number of nitrogens with zero attached hydrogens (tertiary/aromatic N) is 2. The predicted octanol–water partition coefficient (Wildman–Crippen LogP) is 2.03. The molecule has 0 spiro atoms. The zero-order chi connectivity index (χ0) is 17.9. The molecular weight excluding hydrogens is 310 g/mol. The van der Waals surface area contributed by atoms with E-state index >= 15 is 0 Å². The van der Waals surface area contributed by atoms with Crippen molar-refractivity contribution in [2.45, 2.75) is 26.8 Å². The van der Waals surface area contributed by atoms with Crippen LogP contribution in [0.5, 0.6) is 5.75 Å². The van der Waals surface area contributed by atoms with Gasteiger partial charge in [0, 0.05) is 12.2 Å². The summed E-state index contributed by atoms with van der Waals surface area (Å²) >= 11 is 0. The van der Waals surface area contributed by atoms with E-state index in [4.69, 9.17) is 9.84 Å². The van der Waals surface area contributed by atoms with Crippen LogP contribution in [0.25, 0.3) is 5.69 Å². The second-order valence-electron chi connectivity index (χ2n) is 5.71. The number of carboxylic acid groups (broad SMARTS) is 1. The van der Waals surface area contributed by atoms with Gasteiger partial charge in [-0.1, -0.05) is 6.07 Å².